The number of anilines is 1. The highest BCUT2D eigenvalue weighted by atomic mass is 16.3. The Bertz CT molecular complexity index is 1100. The van der Waals surface area contributed by atoms with Gasteiger partial charge in [0.1, 0.15) is 5.60 Å². The summed E-state index contributed by atoms with van der Waals surface area (Å²) in [7, 11) is 0. The van der Waals surface area contributed by atoms with Crippen molar-refractivity contribution in [1.29, 1.82) is 0 Å². The van der Waals surface area contributed by atoms with Gasteiger partial charge in [-0.05, 0) is 72.9 Å². The molecule has 0 fully saturated rings. The van der Waals surface area contributed by atoms with E-state index in [1.807, 2.05) is 48.5 Å². The van der Waals surface area contributed by atoms with Crippen LogP contribution in [0.5, 0.6) is 0 Å². The number of nitrogens with zero attached hydrogens (tertiary/aromatic N) is 2. The first-order valence-corrected chi connectivity index (χ1v) is 10.3. The lowest BCUT2D eigenvalue weighted by atomic mass is 10.00. The van der Waals surface area contributed by atoms with E-state index in [2.05, 4.69) is 16.4 Å². The maximum atomic E-state index is 12.5. The molecular weight excluding hydrogens is 390 g/mol. The average Bonchev–Trinajstić information content (AvgIpc) is 3.20. The SMILES string of the molecule is CC(C)(O)C(=O)N1CCc2cc(-c3ccc(C(=O)NCc4cccnc4)cc3)ccc21. The zero-order valence-corrected chi connectivity index (χ0v) is 17.6. The van der Waals surface area contributed by atoms with Gasteiger partial charge in [-0.25, -0.2) is 0 Å². The van der Waals surface area contributed by atoms with Gasteiger partial charge in [-0.3, -0.25) is 14.6 Å². The second-order valence-corrected chi connectivity index (χ2v) is 8.23. The topological polar surface area (TPSA) is 82.5 Å². The van der Waals surface area contributed by atoms with Crippen LogP contribution in [-0.4, -0.2) is 34.1 Å². The molecular formula is C25H25N3O3. The molecule has 1 aliphatic heterocycles. The molecule has 2 amide bonds. The standard InChI is InChI=1S/C25H25N3O3/c1-25(2,31)24(30)28-13-11-21-14-20(9-10-22(21)28)18-5-7-19(8-6-18)23(29)27-16-17-4-3-12-26-15-17/h3-10,12,14-15,31H,11,13,16H2,1-2H3,(H,27,29). The molecule has 0 bridgehead atoms. The fraction of sp³-hybridized carbons (Fsp3) is 0.240. The van der Waals surface area contributed by atoms with Gasteiger partial charge in [0.15, 0.2) is 0 Å². The quantitative estimate of drug-likeness (QED) is 0.670. The molecule has 1 aliphatic rings. The Morgan fingerprint density at radius 3 is 2.52 bits per heavy atom. The van der Waals surface area contributed by atoms with E-state index in [-0.39, 0.29) is 11.8 Å². The zero-order valence-electron chi connectivity index (χ0n) is 17.6. The minimum atomic E-state index is -1.40. The fourth-order valence-electron chi connectivity index (χ4n) is 3.72. The van der Waals surface area contributed by atoms with Gasteiger partial charge in [0, 0.05) is 36.7 Å². The van der Waals surface area contributed by atoms with Crippen LogP contribution in [0, 0.1) is 0 Å². The number of amides is 2. The van der Waals surface area contributed by atoms with Crippen molar-refractivity contribution in [3.8, 4) is 11.1 Å². The van der Waals surface area contributed by atoms with Crippen molar-refractivity contribution in [2.45, 2.75) is 32.4 Å². The third-order valence-electron chi connectivity index (χ3n) is 5.40. The van der Waals surface area contributed by atoms with Crippen LogP contribution in [0.3, 0.4) is 0 Å². The maximum Gasteiger partial charge on any atom is 0.258 e. The lowest BCUT2D eigenvalue weighted by Crippen LogP contribution is -2.44. The fourth-order valence-corrected chi connectivity index (χ4v) is 3.72. The van der Waals surface area contributed by atoms with Crippen LogP contribution in [0.15, 0.2) is 67.0 Å². The van der Waals surface area contributed by atoms with Crippen LogP contribution in [0.1, 0.15) is 35.3 Å². The lowest BCUT2D eigenvalue weighted by Gasteiger charge is -2.25. The minimum Gasteiger partial charge on any atom is -0.381 e. The maximum absolute atomic E-state index is 12.5. The molecule has 1 aromatic heterocycles. The highest BCUT2D eigenvalue weighted by molar-refractivity contribution is 6.00. The number of aromatic nitrogens is 1. The number of pyridine rings is 1. The van der Waals surface area contributed by atoms with Gasteiger partial charge in [0.05, 0.1) is 0 Å². The van der Waals surface area contributed by atoms with E-state index >= 15 is 0 Å². The molecule has 2 aromatic carbocycles. The summed E-state index contributed by atoms with van der Waals surface area (Å²) in [6.07, 6.45) is 4.18. The Morgan fingerprint density at radius 1 is 1.10 bits per heavy atom. The van der Waals surface area contributed by atoms with Crippen LogP contribution in [-0.2, 0) is 17.8 Å². The second-order valence-electron chi connectivity index (χ2n) is 8.23. The number of nitrogens with one attached hydrogen (secondary N) is 1. The summed E-state index contributed by atoms with van der Waals surface area (Å²) in [5.74, 6) is -0.425. The summed E-state index contributed by atoms with van der Waals surface area (Å²) in [5.41, 5.74) is 4.10. The number of carbonyl (C=O) groups excluding carboxylic acids is 2. The molecule has 0 atom stereocenters. The Kier molecular flexibility index (Phi) is 5.57. The number of hydrogen-bond donors (Lipinski definition) is 2. The van der Waals surface area contributed by atoms with Gasteiger partial charge < -0.3 is 15.3 Å². The third kappa shape index (κ3) is 4.49. The van der Waals surface area contributed by atoms with Crippen LogP contribution in [0.4, 0.5) is 5.69 Å². The minimum absolute atomic E-state index is 0.134. The molecule has 6 heteroatoms. The highest BCUT2D eigenvalue weighted by Gasteiger charge is 2.34. The number of benzene rings is 2. The van der Waals surface area contributed by atoms with Crippen molar-refractivity contribution in [1.82, 2.24) is 10.3 Å². The van der Waals surface area contributed by atoms with Crippen LogP contribution < -0.4 is 10.2 Å². The molecule has 0 saturated heterocycles. The molecule has 4 rings (SSSR count). The summed E-state index contributed by atoms with van der Waals surface area (Å²) in [6, 6.07) is 17.2. The number of fused-ring (bicyclic) bond motifs is 1. The Hall–Kier alpha value is -3.51. The molecule has 31 heavy (non-hydrogen) atoms. The van der Waals surface area contributed by atoms with Crippen molar-refractivity contribution in [3.63, 3.8) is 0 Å². The Balaban J connectivity index is 1.46. The zero-order chi connectivity index (χ0) is 22.0. The summed E-state index contributed by atoms with van der Waals surface area (Å²) < 4.78 is 0. The molecule has 2 heterocycles. The molecule has 0 aliphatic carbocycles. The normalized spacial score (nSPS) is 13.1. The van der Waals surface area contributed by atoms with Gasteiger partial charge >= 0.3 is 0 Å². The molecule has 0 radical (unpaired) electrons. The molecule has 3 aromatic rings. The van der Waals surface area contributed by atoms with Crippen molar-refractivity contribution in [2.75, 3.05) is 11.4 Å². The number of carbonyl (C=O) groups is 2. The molecule has 6 nitrogen and oxygen atoms in total. The van der Waals surface area contributed by atoms with Gasteiger partial charge in [0.25, 0.3) is 11.8 Å². The van der Waals surface area contributed by atoms with Gasteiger partial charge in [-0.1, -0.05) is 24.3 Å². The number of aliphatic hydroxyl groups is 1. The third-order valence-corrected chi connectivity index (χ3v) is 5.40. The molecule has 0 spiro atoms. The highest BCUT2D eigenvalue weighted by Crippen LogP contribution is 2.33. The monoisotopic (exact) mass is 415 g/mol. The van der Waals surface area contributed by atoms with Crippen molar-refractivity contribution in [3.05, 3.63) is 83.7 Å². The largest absolute Gasteiger partial charge is 0.381 e. The Labute approximate surface area is 181 Å². The predicted octanol–water partition coefficient (Wildman–Crippen LogP) is 3.34. The van der Waals surface area contributed by atoms with E-state index in [0.717, 1.165) is 34.4 Å². The lowest BCUT2D eigenvalue weighted by molar-refractivity contribution is -0.133. The van der Waals surface area contributed by atoms with Crippen LogP contribution in [0.25, 0.3) is 11.1 Å². The van der Waals surface area contributed by atoms with Gasteiger partial charge in [-0.15, -0.1) is 0 Å². The summed E-state index contributed by atoms with van der Waals surface area (Å²) in [4.78, 5) is 30.6. The number of hydrogen-bond acceptors (Lipinski definition) is 4. The van der Waals surface area contributed by atoms with Gasteiger partial charge in [-0.2, -0.15) is 0 Å². The molecule has 158 valence electrons. The van der Waals surface area contributed by atoms with Gasteiger partial charge in [0.2, 0.25) is 0 Å². The van der Waals surface area contributed by atoms with E-state index < -0.39 is 5.60 Å². The van der Waals surface area contributed by atoms with Crippen LogP contribution >= 0.6 is 0 Å². The van der Waals surface area contributed by atoms with Crippen molar-refractivity contribution >= 4 is 17.5 Å². The van der Waals surface area contributed by atoms with E-state index in [9.17, 15) is 14.7 Å². The van der Waals surface area contributed by atoms with E-state index in [1.54, 1.807) is 17.3 Å². The first-order valence-electron chi connectivity index (χ1n) is 10.3. The predicted molar refractivity (Wildman–Crippen MR) is 120 cm³/mol. The van der Waals surface area contributed by atoms with Crippen molar-refractivity contribution in [2.24, 2.45) is 0 Å². The molecule has 0 saturated carbocycles. The van der Waals surface area contributed by atoms with E-state index in [0.29, 0.717) is 18.7 Å². The van der Waals surface area contributed by atoms with Crippen molar-refractivity contribution < 1.29 is 14.7 Å². The second kappa shape index (κ2) is 8.32. The first-order chi connectivity index (χ1) is 14.8. The van der Waals surface area contributed by atoms with E-state index in [4.69, 9.17) is 0 Å². The summed E-state index contributed by atoms with van der Waals surface area (Å²) in [6.45, 7) is 4.02. The molecule has 0 unspecified atom stereocenters. The summed E-state index contributed by atoms with van der Waals surface area (Å²) >= 11 is 0. The first kappa shape index (κ1) is 20.8. The smallest absolute Gasteiger partial charge is 0.258 e. The Morgan fingerprint density at radius 2 is 1.84 bits per heavy atom. The summed E-state index contributed by atoms with van der Waals surface area (Å²) in [5, 5.41) is 13.0. The van der Waals surface area contributed by atoms with E-state index in [1.165, 1.54) is 13.8 Å². The molecule has 2 N–H and O–H groups in total. The average molecular weight is 415 g/mol. The number of rotatable bonds is 5. The van der Waals surface area contributed by atoms with Crippen LogP contribution in [0.2, 0.25) is 0 Å².